The van der Waals surface area contributed by atoms with Crippen LogP contribution in [0.4, 0.5) is 0 Å². The Hall–Kier alpha value is -1.14. The first-order valence-electron chi connectivity index (χ1n) is 7.19. The Balaban J connectivity index is 4.24. The third-order valence-corrected chi connectivity index (χ3v) is 8.26. The van der Waals surface area contributed by atoms with Crippen LogP contribution in [-0.4, -0.2) is 39.8 Å². The Kier molecular flexibility index (Phi) is 7.88. The highest BCUT2D eigenvalue weighted by atomic mass is 28.4. The quantitative estimate of drug-likeness (QED) is 0.425. The zero-order valence-electron chi connectivity index (χ0n) is 14.3. The second kappa shape index (κ2) is 8.34. The van der Waals surface area contributed by atoms with Gasteiger partial charge in [-0.2, -0.15) is 0 Å². The van der Waals surface area contributed by atoms with Crippen molar-refractivity contribution in [2.24, 2.45) is 0 Å². The van der Waals surface area contributed by atoms with Crippen LogP contribution < -0.4 is 5.32 Å². The lowest BCUT2D eigenvalue weighted by Gasteiger charge is -2.38. The average Bonchev–Trinajstić information content (AvgIpc) is 2.34. The van der Waals surface area contributed by atoms with Gasteiger partial charge in [0, 0.05) is 19.0 Å². The molecule has 0 aliphatic heterocycles. The van der Waals surface area contributed by atoms with E-state index in [0.29, 0.717) is 6.54 Å². The standard InChI is InChI=1S/C15H29NO4Si/c1-12(20-21(6,7)15(2,3)4)14(18)16-10-8-13(17)9-11-19-5/h9,11-12H,8,10H2,1-7H3,(H,16,18)/b11-9+. The molecule has 0 aromatic heterocycles. The van der Waals surface area contributed by atoms with Crippen molar-refractivity contribution in [2.75, 3.05) is 13.7 Å². The molecule has 122 valence electrons. The van der Waals surface area contributed by atoms with E-state index in [1.54, 1.807) is 6.92 Å². The first-order valence-corrected chi connectivity index (χ1v) is 10.1. The van der Waals surface area contributed by atoms with E-state index >= 15 is 0 Å². The molecule has 0 aromatic carbocycles. The number of hydrogen-bond acceptors (Lipinski definition) is 4. The molecule has 0 fully saturated rings. The van der Waals surface area contributed by atoms with E-state index in [4.69, 9.17) is 4.43 Å². The number of allylic oxidation sites excluding steroid dienone is 1. The van der Waals surface area contributed by atoms with Gasteiger partial charge in [-0.25, -0.2) is 0 Å². The Morgan fingerprint density at radius 3 is 2.33 bits per heavy atom. The molecule has 0 aliphatic carbocycles. The fourth-order valence-electron chi connectivity index (χ4n) is 1.35. The maximum Gasteiger partial charge on any atom is 0.247 e. The second-order valence-corrected chi connectivity index (χ2v) is 11.3. The molecule has 0 aromatic rings. The number of amides is 1. The summed E-state index contributed by atoms with van der Waals surface area (Å²) in [6.45, 7) is 12.7. The fourth-order valence-corrected chi connectivity index (χ4v) is 2.70. The fraction of sp³-hybridized carbons (Fsp3) is 0.733. The van der Waals surface area contributed by atoms with E-state index in [-0.39, 0.29) is 23.1 Å². The van der Waals surface area contributed by atoms with E-state index < -0.39 is 14.4 Å². The van der Waals surface area contributed by atoms with Crippen molar-refractivity contribution in [1.29, 1.82) is 0 Å². The minimum atomic E-state index is -1.96. The molecule has 0 bridgehead atoms. The van der Waals surface area contributed by atoms with Gasteiger partial charge in [-0.05, 0) is 25.1 Å². The minimum absolute atomic E-state index is 0.0580. The molecule has 0 rings (SSSR count). The predicted molar refractivity (Wildman–Crippen MR) is 86.5 cm³/mol. The smallest absolute Gasteiger partial charge is 0.247 e. The summed E-state index contributed by atoms with van der Waals surface area (Å²) in [5, 5.41) is 2.78. The molecular formula is C15H29NO4Si. The summed E-state index contributed by atoms with van der Waals surface area (Å²) in [7, 11) is -0.487. The van der Waals surface area contributed by atoms with E-state index in [9.17, 15) is 9.59 Å². The van der Waals surface area contributed by atoms with Gasteiger partial charge < -0.3 is 14.5 Å². The highest BCUT2D eigenvalue weighted by Gasteiger charge is 2.39. The lowest BCUT2D eigenvalue weighted by atomic mass is 10.2. The van der Waals surface area contributed by atoms with E-state index in [1.165, 1.54) is 19.4 Å². The normalized spacial score (nSPS) is 14.0. The van der Waals surface area contributed by atoms with Crippen molar-refractivity contribution in [3.05, 3.63) is 12.3 Å². The first kappa shape index (κ1) is 19.9. The van der Waals surface area contributed by atoms with Crippen LogP contribution in [0.2, 0.25) is 18.1 Å². The molecule has 0 saturated heterocycles. The number of carbonyl (C=O) groups excluding carboxylic acids is 2. The summed E-state index contributed by atoms with van der Waals surface area (Å²) in [5.74, 6) is -0.265. The summed E-state index contributed by atoms with van der Waals surface area (Å²) >= 11 is 0. The van der Waals surface area contributed by atoms with Crippen molar-refractivity contribution in [1.82, 2.24) is 5.32 Å². The highest BCUT2D eigenvalue weighted by molar-refractivity contribution is 6.74. The van der Waals surface area contributed by atoms with Gasteiger partial charge in [0.1, 0.15) is 6.10 Å². The summed E-state index contributed by atoms with van der Waals surface area (Å²) in [5.41, 5.74) is 0. The van der Waals surface area contributed by atoms with Gasteiger partial charge in [0.15, 0.2) is 14.1 Å². The number of ketones is 1. The average molecular weight is 315 g/mol. The third kappa shape index (κ3) is 7.43. The maximum absolute atomic E-state index is 12.0. The van der Waals surface area contributed by atoms with Crippen LogP contribution in [0.15, 0.2) is 12.3 Å². The molecule has 5 nitrogen and oxygen atoms in total. The molecule has 0 heterocycles. The van der Waals surface area contributed by atoms with Gasteiger partial charge >= 0.3 is 0 Å². The molecular weight excluding hydrogens is 286 g/mol. The molecule has 6 heteroatoms. The van der Waals surface area contributed by atoms with Crippen LogP contribution in [0, 0.1) is 0 Å². The summed E-state index contributed by atoms with van der Waals surface area (Å²) < 4.78 is 10.7. The van der Waals surface area contributed by atoms with E-state index in [2.05, 4.69) is 43.9 Å². The van der Waals surface area contributed by atoms with Crippen LogP contribution in [0.1, 0.15) is 34.1 Å². The topological polar surface area (TPSA) is 64.6 Å². The van der Waals surface area contributed by atoms with Crippen LogP contribution in [-0.2, 0) is 18.8 Å². The molecule has 1 atom stereocenters. The monoisotopic (exact) mass is 315 g/mol. The summed E-state index contributed by atoms with van der Waals surface area (Å²) in [4.78, 5) is 23.3. The molecule has 0 radical (unpaired) electrons. The highest BCUT2D eigenvalue weighted by Crippen LogP contribution is 2.37. The number of nitrogens with one attached hydrogen (secondary N) is 1. The van der Waals surface area contributed by atoms with Crippen LogP contribution >= 0.6 is 0 Å². The third-order valence-electron chi connectivity index (χ3n) is 3.71. The predicted octanol–water partition coefficient (Wildman–Crippen LogP) is 2.63. The Bertz CT molecular complexity index is 386. The molecule has 0 spiro atoms. The van der Waals surface area contributed by atoms with Gasteiger partial charge in [0.25, 0.3) is 0 Å². The number of hydrogen-bond donors (Lipinski definition) is 1. The Labute approximate surface area is 129 Å². The van der Waals surface area contributed by atoms with Crippen molar-refractivity contribution in [2.45, 2.75) is 58.4 Å². The van der Waals surface area contributed by atoms with Gasteiger partial charge in [0.2, 0.25) is 5.91 Å². The largest absolute Gasteiger partial charge is 0.504 e. The van der Waals surface area contributed by atoms with Crippen molar-refractivity contribution < 1.29 is 18.8 Å². The molecule has 1 N–H and O–H groups in total. The van der Waals surface area contributed by atoms with E-state index in [1.807, 2.05) is 0 Å². The van der Waals surface area contributed by atoms with Crippen LogP contribution in [0.3, 0.4) is 0 Å². The number of rotatable bonds is 8. The van der Waals surface area contributed by atoms with Gasteiger partial charge in [-0.1, -0.05) is 20.8 Å². The number of ether oxygens (including phenoxy) is 1. The molecule has 0 aliphatic rings. The summed E-state index contributed by atoms with van der Waals surface area (Å²) in [6.07, 6.45) is 2.42. The zero-order chi connectivity index (χ0) is 16.7. The zero-order valence-corrected chi connectivity index (χ0v) is 15.3. The van der Waals surface area contributed by atoms with Gasteiger partial charge in [-0.15, -0.1) is 0 Å². The summed E-state index contributed by atoms with van der Waals surface area (Å²) in [6, 6.07) is 0. The molecule has 0 saturated carbocycles. The number of methoxy groups -OCH3 is 1. The second-order valence-electron chi connectivity index (χ2n) is 6.57. The lowest BCUT2D eigenvalue weighted by molar-refractivity contribution is -0.127. The molecule has 1 amide bonds. The first-order chi connectivity index (χ1) is 9.51. The molecule has 21 heavy (non-hydrogen) atoms. The lowest BCUT2D eigenvalue weighted by Crippen LogP contribution is -2.47. The van der Waals surface area contributed by atoms with E-state index in [0.717, 1.165) is 0 Å². The van der Waals surface area contributed by atoms with Crippen LogP contribution in [0.25, 0.3) is 0 Å². The number of carbonyl (C=O) groups is 2. The van der Waals surface area contributed by atoms with Crippen molar-refractivity contribution >= 4 is 20.0 Å². The molecule has 1 unspecified atom stereocenters. The van der Waals surface area contributed by atoms with Gasteiger partial charge in [0.05, 0.1) is 13.4 Å². The minimum Gasteiger partial charge on any atom is -0.504 e. The van der Waals surface area contributed by atoms with Crippen molar-refractivity contribution in [3.8, 4) is 0 Å². The van der Waals surface area contributed by atoms with Gasteiger partial charge in [-0.3, -0.25) is 9.59 Å². The van der Waals surface area contributed by atoms with Crippen LogP contribution in [0.5, 0.6) is 0 Å². The Morgan fingerprint density at radius 1 is 1.29 bits per heavy atom. The Morgan fingerprint density at radius 2 is 1.86 bits per heavy atom. The maximum atomic E-state index is 12.0. The SMILES string of the molecule is CO/C=C/C(=O)CCNC(=O)C(C)O[Si](C)(C)C(C)(C)C. The van der Waals surface area contributed by atoms with Crippen molar-refractivity contribution in [3.63, 3.8) is 0 Å².